The molecule has 1 saturated carbocycles. The molecule has 1 aliphatic carbocycles. The molecule has 3 heterocycles. The van der Waals surface area contributed by atoms with Crippen LogP contribution in [0.4, 0.5) is 0 Å². The second-order valence-corrected chi connectivity index (χ2v) is 9.51. The average molecular weight is 446 g/mol. The van der Waals surface area contributed by atoms with Crippen LogP contribution in [0.2, 0.25) is 0 Å². The van der Waals surface area contributed by atoms with Crippen LogP contribution in [0.15, 0.2) is 48.5 Å². The summed E-state index contributed by atoms with van der Waals surface area (Å²) in [5.74, 6) is 0.998. The van der Waals surface area contributed by atoms with Gasteiger partial charge in [-0.25, -0.2) is 0 Å². The largest absolute Gasteiger partial charge is 0.497 e. The van der Waals surface area contributed by atoms with Crippen LogP contribution in [0.5, 0.6) is 5.75 Å². The van der Waals surface area contributed by atoms with Gasteiger partial charge >= 0.3 is 0 Å². The van der Waals surface area contributed by atoms with Gasteiger partial charge in [0, 0.05) is 29.1 Å². The van der Waals surface area contributed by atoms with Crippen molar-refractivity contribution in [3.63, 3.8) is 0 Å². The zero-order valence-electron chi connectivity index (χ0n) is 18.2. The Kier molecular flexibility index (Phi) is 4.72. The summed E-state index contributed by atoms with van der Waals surface area (Å²) in [5.41, 5.74) is 4.61. The van der Waals surface area contributed by atoms with Gasteiger partial charge in [0.15, 0.2) is 5.11 Å². The Hall–Kier alpha value is -2.86. The fourth-order valence-electron chi connectivity index (χ4n) is 5.90. The number of para-hydroxylation sites is 1. The zero-order chi connectivity index (χ0) is 21.8. The molecule has 1 N–H and O–H groups in total. The number of aromatic nitrogens is 1. The highest BCUT2D eigenvalue weighted by atomic mass is 32.1. The number of ether oxygens (including phenoxy) is 1. The number of amides is 1. The lowest BCUT2D eigenvalue weighted by molar-refractivity contribution is -0.130. The van der Waals surface area contributed by atoms with Gasteiger partial charge in [-0.2, -0.15) is 0 Å². The number of methoxy groups -OCH3 is 1. The number of rotatable bonds is 3. The first kappa shape index (κ1) is 19.8. The fraction of sp³-hybridized carbons (Fsp3) is 0.385. The minimum absolute atomic E-state index is 0.118. The Morgan fingerprint density at radius 2 is 1.78 bits per heavy atom. The average Bonchev–Trinajstić information content (AvgIpc) is 3.33. The molecule has 2 atom stereocenters. The van der Waals surface area contributed by atoms with Gasteiger partial charge in [-0.15, -0.1) is 0 Å². The zero-order valence-corrected chi connectivity index (χ0v) is 19.0. The van der Waals surface area contributed by atoms with Gasteiger partial charge in [0.1, 0.15) is 11.8 Å². The highest BCUT2D eigenvalue weighted by Crippen LogP contribution is 2.45. The Bertz CT molecular complexity index is 1200. The summed E-state index contributed by atoms with van der Waals surface area (Å²) in [6, 6.07) is 16.4. The molecule has 1 aromatic heterocycles. The van der Waals surface area contributed by atoms with Crippen molar-refractivity contribution in [2.24, 2.45) is 0 Å². The standard InChI is InChI=1S/C26H27N3O2S/c1-31-18-13-11-16(12-14-18)24-23-20(19-9-5-6-10-21(19)27-23)15-22-25(30)28(26(32)29(22)24)17-7-3-2-4-8-17/h5-6,9-14,17,22,24,27H,2-4,7-8,15H2,1H3/t22-,24-/m0/s1. The van der Waals surface area contributed by atoms with Crippen LogP contribution >= 0.6 is 12.2 Å². The first-order valence-corrected chi connectivity index (χ1v) is 12.0. The third-order valence-corrected chi connectivity index (χ3v) is 7.86. The monoisotopic (exact) mass is 445 g/mol. The van der Waals surface area contributed by atoms with Crippen molar-refractivity contribution in [3.05, 3.63) is 65.4 Å². The molecule has 3 aromatic rings. The molecule has 2 aliphatic heterocycles. The molecule has 0 bridgehead atoms. The van der Waals surface area contributed by atoms with Gasteiger partial charge in [0.2, 0.25) is 0 Å². The first-order chi connectivity index (χ1) is 15.7. The van der Waals surface area contributed by atoms with Crippen molar-refractivity contribution in [2.75, 3.05) is 7.11 Å². The van der Waals surface area contributed by atoms with Gasteiger partial charge in [-0.3, -0.25) is 9.69 Å². The van der Waals surface area contributed by atoms with E-state index in [4.69, 9.17) is 17.0 Å². The summed E-state index contributed by atoms with van der Waals surface area (Å²) in [7, 11) is 1.68. The van der Waals surface area contributed by atoms with Crippen LogP contribution in [0.3, 0.4) is 0 Å². The molecule has 3 aliphatic rings. The topological polar surface area (TPSA) is 48.6 Å². The molecular formula is C26H27N3O2S. The van der Waals surface area contributed by atoms with E-state index in [1.165, 1.54) is 30.2 Å². The van der Waals surface area contributed by atoms with E-state index >= 15 is 0 Å². The van der Waals surface area contributed by atoms with Gasteiger partial charge in [0.05, 0.1) is 13.2 Å². The Balaban J connectivity index is 1.49. The number of thiocarbonyl (C=S) groups is 1. The first-order valence-electron chi connectivity index (χ1n) is 11.6. The van der Waals surface area contributed by atoms with Crippen LogP contribution in [-0.2, 0) is 11.2 Å². The van der Waals surface area contributed by atoms with E-state index in [1.54, 1.807) is 7.11 Å². The maximum atomic E-state index is 13.8. The van der Waals surface area contributed by atoms with E-state index in [0.717, 1.165) is 35.4 Å². The van der Waals surface area contributed by atoms with Gasteiger partial charge in [-0.05, 0) is 54.4 Å². The lowest BCUT2D eigenvalue weighted by atomic mass is 9.88. The maximum Gasteiger partial charge on any atom is 0.252 e. The number of benzene rings is 2. The molecule has 0 unspecified atom stereocenters. The van der Waals surface area contributed by atoms with Crippen LogP contribution in [0, 0.1) is 0 Å². The van der Waals surface area contributed by atoms with Crippen molar-refractivity contribution in [3.8, 4) is 5.75 Å². The minimum atomic E-state index is -0.247. The molecule has 5 nitrogen and oxygen atoms in total. The third-order valence-electron chi connectivity index (χ3n) is 7.45. The maximum absolute atomic E-state index is 13.8. The van der Waals surface area contributed by atoms with Crippen LogP contribution in [0.1, 0.15) is 55.0 Å². The number of carbonyl (C=O) groups excluding carboxylic acids is 1. The summed E-state index contributed by atoms with van der Waals surface area (Å²) in [4.78, 5) is 21.6. The van der Waals surface area contributed by atoms with Crippen molar-refractivity contribution >= 4 is 34.1 Å². The number of nitrogens with one attached hydrogen (secondary N) is 1. The second-order valence-electron chi connectivity index (χ2n) is 9.15. The molecule has 164 valence electrons. The predicted octanol–water partition coefficient (Wildman–Crippen LogP) is 4.95. The Labute approximate surface area is 193 Å². The normalized spacial score (nSPS) is 23.5. The molecule has 2 aromatic carbocycles. The van der Waals surface area contributed by atoms with Gasteiger partial charge in [-0.1, -0.05) is 49.6 Å². The molecule has 0 radical (unpaired) electrons. The molecule has 1 amide bonds. The minimum Gasteiger partial charge on any atom is -0.497 e. The summed E-state index contributed by atoms with van der Waals surface area (Å²) in [6.45, 7) is 0. The van der Waals surface area contributed by atoms with Crippen LogP contribution < -0.4 is 4.74 Å². The number of hydrogen-bond donors (Lipinski definition) is 1. The highest BCUT2D eigenvalue weighted by molar-refractivity contribution is 7.80. The van der Waals surface area contributed by atoms with Crippen molar-refractivity contribution < 1.29 is 9.53 Å². The Morgan fingerprint density at radius 3 is 2.53 bits per heavy atom. The molecule has 6 rings (SSSR count). The summed E-state index contributed by atoms with van der Waals surface area (Å²) in [5, 5.41) is 1.90. The van der Waals surface area contributed by atoms with E-state index in [-0.39, 0.29) is 24.0 Å². The predicted molar refractivity (Wildman–Crippen MR) is 129 cm³/mol. The summed E-state index contributed by atoms with van der Waals surface area (Å²) in [6.07, 6.45) is 6.39. The van der Waals surface area contributed by atoms with Crippen LogP contribution in [-0.4, -0.2) is 45.0 Å². The summed E-state index contributed by atoms with van der Waals surface area (Å²) < 4.78 is 5.39. The van der Waals surface area contributed by atoms with Gasteiger partial charge < -0.3 is 14.6 Å². The van der Waals surface area contributed by atoms with Crippen molar-refractivity contribution in [1.82, 2.24) is 14.8 Å². The number of hydrogen-bond acceptors (Lipinski definition) is 3. The number of aromatic amines is 1. The SMILES string of the molecule is COc1ccc([C@H]2c3[nH]c4ccccc4c3C[C@H]3C(=O)N(C4CCCCC4)C(=S)N23)cc1. The highest BCUT2D eigenvalue weighted by Gasteiger charge is 2.52. The van der Waals surface area contributed by atoms with E-state index in [2.05, 4.69) is 40.2 Å². The lowest BCUT2D eigenvalue weighted by Gasteiger charge is -2.38. The molecule has 32 heavy (non-hydrogen) atoms. The van der Waals surface area contributed by atoms with E-state index in [9.17, 15) is 4.79 Å². The fourth-order valence-corrected chi connectivity index (χ4v) is 6.37. The smallest absolute Gasteiger partial charge is 0.252 e. The lowest BCUT2D eigenvalue weighted by Crippen LogP contribution is -2.44. The number of fused-ring (bicyclic) bond motifs is 4. The molecular weight excluding hydrogens is 418 g/mol. The quantitative estimate of drug-likeness (QED) is 0.580. The second kappa shape index (κ2) is 7.62. The number of nitrogens with zero attached hydrogens (tertiary/aromatic N) is 2. The van der Waals surface area contributed by atoms with Crippen molar-refractivity contribution in [1.29, 1.82) is 0 Å². The van der Waals surface area contributed by atoms with E-state index in [1.807, 2.05) is 23.1 Å². The number of H-pyrrole nitrogens is 1. The number of carbonyl (C=O) groups is 1. The molecule has 2 fully saturated rings. The van der Waals surface area contributed by atoms with Crippen LogP contribution in [0.25, 0.3) is 10.9 Å². The molecule has 1 saturated heterocycles. The van der Waals surface area contributed by atoms with E-state index < -0.39 is 0 Å². The van der Waals surface area contributed by atoms with Gasteiger partial charge in [0.25, 0.3) is 5.91 Å². The molecule has 6 heteroatoms. The summed E-state index contributed by atoms with van der Waals surface area (Å²) >= 11 is 6.02. The Morgan fingerprint density at radius 1 is 1.03 bits per heavy atom. The third kappa shape index (κ3) is 2.89. The molecule has 0 spiro atoms. The van der Waals surface area contributed by atoms with Crippen molar-refractivity contribution in [2.45, 2.75) is 56.7 Å². The van der Waals surface area contributed by atoms with E-state index in [0.29, 0.717) is 11.5 Å².